The van der Waals surface area contributed by atoms with Crippen molar-refractivity contribution in [3.8, 4) is 5.75 Å². The number of likely N-dealkylation sites (N-methyl/N-ethyl adjacent to an activating group) is 2. The summed E-state index contributed by atoms with van der Waals surface area (Å²) in [6.45, 7) is 3.43. The van der Waals surface area contributed by atoms with Gasteiger partial charge in [-0.2, -0.15) is 0 Å². The van der Waals surface area contributed by atoms with Crippen molar-refractivity contribution in [1.82, 2.24) is 4.90 Å². The van der Waals surface area contributed by atoms with Crippen molar-refractivity contribution in [3.63, 3.8) is 0 Å². The monoisotopic (exact) mass is 334 g/mol. The van der Waals surface area contributed by atoms with Crippen molar-refractivity contribution in [3.05, 3.63) is 35.9 Å². The molecule has 1 aromatic rings. The molecule has 0 bridgehead atoms. The molecule has 2 aliphatic heterocycles. The number of aromatic hydroxyl groups is 1. The Bertz CT molecular complexity index is 672. The predicted molar refractivity (Wildman–Crippen MR) is 89.3 cm³/mol. The first-order chi connectivity index (χ1) is 11.2. The molecule has 7 heteroatoms. The third kappa shape index (κ3) is 3.21. The average Bonchev–Trinajstić information content (AvgIpc) is 2.92. The Kier molecular flexibility index (Phi) is 4.84. The van der Waals surface area contributed by atoms with Gasteiger partial charge in [-0.3, -0.25) is 4.90 Å². The molecule has 2 unspecified atom stereocenters. The van der Waals surface area contributed by atoms with Crippen molar-refractivity contribution in [2.75, 3.05) is 25.5 Å². The van der Waals surface area contributed by atoms with Crippen LogP contribution in [0.3, 0.4) is 0 Å². The van der Waals surface area contributed by atoms with E-state index in [-0.39, 0.29) is 5.41 Å². The molecule has 130 valence electrons. The Labute approximate surface area is 140 Å². The van der Waals surface area contributed by atoms with E-state index in [4.69, 9.17) is 10.2 Å². The second kappa shape index (κ2) is 6.52. The highest BCUT2D eigenvalue weighted by Gasteiger charge is 2.52. The first-order valence-corrected chi connectivity index (χ1v) is 7.57. The molecule has 1 fully saturated rings. The molecule has 2 aliphatic rings. The van der Waals surface area contributed by atoms with E-state index >= 15 is 0 Å². The van der Waals surface area contributed by atoms with E-state index in [1.165, 1.54) is 11.3 Å². The number of carboxylic acid groups (broad SMARTS) is 2. The maximum atomic E-state index is 9.65. The lowest BCUT2D eigenvalue weighted by Crippen LogP contribution is -2.45. The van der Waals surface area contributed by atoms with Crippen LogP contribution < -0.4 is 4.90 Å². The molecule has 0 radical (unpaired) electrons. The first kappa shape index (κ1) is 17.8. The van der Waals surface area contributed by atoms with Crippen LogP contribution in [0.15, 0.2) is 30.4 Å². The highest BCUT2D eigenvalue weighted by molar-refractivity contribution is 5.89. The number of carboxylic acids is 2. The number of phenolic OH excluding ortho intramolecular Hbond substituents is 1. The number of hydrogen-bond donors (Lipinski definition) is 3. The van der Waals surface area contributed by atoms with E-state index in [9.17, 15) is 14.7 Å². The summed E-state index contributed by atoms with van der Waals surface area (Å²) in [6, 6.07) is 5.74. The highest BCUT2D eigenvalue weighted by Crippen LogP contribution is 2.51. The Morgan fingerprint density at radius 2 is 1.79 bits per heavy atom. The SMILES string of the molecule is CN1CCC2(C)c3cc(O)ccc3N(C)C12.O=C(O)/C=C/C(=O)O. The van der Waals surface area contributed by atoms with Crippen molar-refractivity contribution < 1.29 is 24.9 Å². The van der Waals surface area contributed by atoms with Gasteiger partial charge in [-0.1, -0.05) is 6.92 Å². The van der Waals surface area contributed by atoms with Gasteiger partial charge >= 0.3 is 11.9 Å². The number of benzene rings is 1. The van der Waals surface area contributed by atoms with Crippen LogP contribution in [0.4, 0.5) is 5.69 Å². The van der Waals surface area contributed by atoms with Gasteiger partial charge in [0, 0.05) is 36.8 Å². The van der Waals surface area contributed by atoms with Crippen LogP contribution in [0.2, 0.25) is 0 Å². The number of rotatable bonds is 2. The third-order valence-corrected chi connectivity index (χ3v) is 4.68. The Morgan fingerprint density at radius 3 is 2.33 bits per heavy atom. The molecule has 0 amide bonds. The number of carbonyl (C=O) groups is 2. The molecule has 0 aliphatic carbocycles. The number of phenols is 1. The molecule has 1 aromatic carbocycles. The van der Waals surface area contributed by atoms with E-state index in [1.807, 2.05) is 12.1 Å². The summed E-state index contributed by atoms with van der Waals surface area (Å²) in [5.74, 6) is -2.14. The second-order valence-electron chi connectivity index (χ2n) is 6.34. The normalized spacial score (nSPS) is 25.1. The molecule has 3 rings (SSSR count). The summed E-state index contributed by atoms with van der Waals surface area (Å²) in [5.41, 5.74) is 2.72. The fourth-order valence-corrected chi connectivity index (χ4v) is 3.71. The molecule has 2 atom stereocenters. The minimum absolute atomic E-state index is 0.164. The summed E-state index contributed by atoms with van der Waals surface area (Å²) < 4.78 is 0. The zero-order valence-electron chi connectivity index (χ0n) is 13.9. The lowest BCUT2D eigenvalue weighted by molar-refractivity contribution is -0.134. The number of nitrogens with zero attached hydrogens (tertiary/aromatic N) is 2. The Morgan fingerprint density at radius 1 is 1.21 bits per heavy atom. The van der Waals surface area contributed by atoms with Crippen molar-refractivity contribution in [2.45, 2.75) is 24.9 Å². The number of fused-ring (bicyclic) bond motifs is 3. The van der Waals surface area contributed by atoms with Crippen molar-refractivity contribution in [1.29, 1.82) is 0 Å². The fraction of sp³-hybridized carbons (Fsp3) is 0.412. The molecule has 0 saturated carbocycles. The second-order valence-corrected chi connectivity index (χ2v) is 6.34. The first-order valence-electron chi connectivity index (χ1n) is 7.57. The molecular weight excluding hydrogens is 312 g/mol. The smallest absolute Gasteiger partial charge is 0.328 e. The van der Waals surface area contributed by atoms with Gasteiger partial charge in [0.2, 0.25) is 0 Å². The maximum Gasteiger partial charge on any atom is 0.328 e. The van der Waals surface area contributed by atoms with E-state index in [0.717, 1.165) is 13.0 Å². The summed E-state index contributed by atoms with van der Waals surface area (Å²) >= 11 is 0. The van der Waals surface area contributed by atoms with E-state index in [1.54, 1.807) is 6.07 Å². The number of likely N-dealkylation sites (tertiary alicyclic amines) is 1. The fourth-order valence-electron chi connectivity index (χ4n) is 3.71. The van der Waals surface area contributed by atoms with E-state index in [2.05, 4.69) is 30.8 Å². The maximum absolute atomic E-state index is 9.65. The number of anilines is 1. The topological polar surface area (TPSA) is 101 Å². The minimum Gasteiger partial charge on any atom is -0.508 e. The van der Waals surface area contributed by atoms with Gasteiger partial charge in [-0.25, -0.2) is 9.59 Å². The van der Waals surface area contributed by atoms with Crippen LogP contribution in [-0.2, 0) is 15.0 Å². The molecule has 1 saturated heterocycles. The minimum atomic E-state index is -1.26. The molecule has 3 N–H and O–H groups in total. The lowest BCUT2D eigenvalue weighted by atomic mass is 9.81. The molecular formula is C17H22N2O5. The zero-order chi connectivity index (χ0) is 18.1. The third-order valence-electron chi connectivity index (χ3n) is 4.68. The summed E-state index contributed by atoms with van der Waals surface area (Å²) in [5, 5.41) is 25.3. The predicted octanol–water partition coefficient (Wildman–Crippen LogP) is 1.47. The van der Waals surface area contributed by atoms with Gasteiger partial charge in [-0.05, 0) is 37.2 Å². The Hall–Kier alpha value is -2.54. The van der Waals surface area contributed by atoms with Crippen molar-refractivity contribution in [2.24, 2.45) is 0 Å². The van der Waals surface area contributed by atoms with Crippen LogP contribution in [-0.4, -0.2) is 59.0 Å². The van der Waals surface area contributed by atoms with Crippen LogP contribution in [0.25, 0.3) is 0 Å². The standard InChI is InChI=1S/C13H18N2O.C4H4O4/c1-13-6-7-14(2)12(13)15(3)11-5-4-9(16)8-10(11)13;5-3(6)1-2-4(7)8/h4-5,8,12,16H,6-7H2,1-3H3;1-2H,(H,5,6)(H,7,8)/b;2-1+. The Balaban J connectivity index is 0.000000224. The van der Waals surface area contributed by atoms with Gasteiger partial charge in [0.25, 0.3) is 0 Å². The van der Waals surface area contributed by atoms with Crippen molar-refractivity contribution >= 4 is 17.6 Å². The highest BCUT2D eigenvalue weighted by atomic mass is 16.4. The van der Waals surface area contributed by atoms with E-state index in [0.29, 0.717) is 24.1 Å². The quantitative estimate of drug-likeness (QED) is 0.704. The summed E-state index contributed by atoms with van der Waals surface area (Å²) in [6.07, 6.45) is 2.71. The summed E-state index contributed by atoms with van der Waals surface area (Å²) in [7, 11) is 4.33. The lowest BCUT2D eigenvalue weighted by Gasteiger charge is -2.32. The van der Waals surface area contributed by atoms with Gasteiger partial charge in [0.1, 0.15) is 5.75 Å². The molecule has 7 nitrogen and oxygen atoms in total. The molecule has 0 aromatic heterocycles. The van der Waals surface area contributed by atoms with Crippen LogP contribution in [0, 0.1) is 0 Å². The van der Waals surface area contributed by atoms with Gasteiger partial charge in [0.05, 0.1) is 6.17 Å². The zero-order valence-corrected chi connectivity index (χ0v) is 13.9. The van der Waals surface area contributed by atoms with Gasteiger partial charge < -0.3 is 20.2 Å². The van der Waals surface area contributed by atoms with Crippen LogP contribution in [0.5, 0.6) is 5.75 Å². The number of hydrogen-bond acceptors (Lipinski definition) is 5. The van der Waals surface area contributed by atoms with Crippen LogP contribution >= 0.6 is 0 Å². The summed E-state index contributed by atoms with van der Waals surface area (Å²) in [4.78, 5) is 23.8. The van der Waals surface area contributed by atoms with Gasteiger partial charge in [-0.15, -0.1) is 0 Å². The van der Waals surface area contributed by atoms with E-state index < -0.39 is 11.9 Å². The number of aliphatic carboxylic acids is 2. The van der Waals surface area contributed by atoms with Gasteiger partial charge in [0.15, 0.2) is 0 Å². The molecule has 2 heterocycles. The molecule has 0 spiro atoms. The van der Waals surface area contributed by atoms with Crippen LogP contribution in [0.1, 0.15) is 18.9 Å². The molecule has 24 heavy (non-hydrogen) atoms. The average molecular weight is 334 g/mol. The largest absolute Gasteiger partial charge is 0.508 e.